The van der Waals surface area contributed by atoms with E-state index in [0.29, 0.717) is 19.0 Å². The summed E-state index contributed by atoms with van der Waals surface area (Å²) in [5.41, 5.74) is 4.92. The molecule has 1 unspecified atom stereocenters. The SMILES string of the molecule is Cc1ccccc1COc1ccc(C2C3=C(CC(C)(C)CC3=O)Nc3nnnn32)cc1. The standard InChI is InChI=1S/C24H25N5O2/c1-15-6-4-5-7-17(15)14-31-18-10-8-16(9-11-18)22-21-19(12-24(2,3)13-20(21)30)25-23-26-27-28-29(22)23/h4-11,22H,12-14H2,1-3H3,(H,25,26,28). The molecule has 0 bridgehead atoms. The molecule has 2 aromatic carbocycles. The Morgan fingerprint density at radius 2 is 1.90 bits per heavy atom. The fourth-order valence-corrected chi connectivity index (χ4v) is 4.46. The number of nitrogens with one attached hydrogen (secondary N) is 1. The van der Waals surface area contributed by atoms with Crippen LogP contribution in [0, 0.1) is 12.3 Å². The van der Waals surface area contributed by atoms with Crippen molar-refractivity contribution in [2.75, 3.05) is 5.32 Å². The predicted octanol–water partition coefficient (Wildman–Crippen LogP) is 4.22. The van der Waals surface area contributed by atoms with Crippen LogP contribution in [-0.2, 0) is 11.4 Å². The van der Waals surface area contributed by atoms with E-state index in [4.69, 9.17) is 4.74 Å². The van der Waals surface area contributed by atoms with Gasteiger partial charge in [0, 0.05) is 17.7 Å². The molecular weight excluding hydrogens is 390 g/mol. The van der Waals surface area contributed by atoms with Crippen molar-refractivity contribution in [3.63, 3.8) is 0 Å². The van der Waals surface area contributed by atoms with Gasteiger partial charge in [-0.25, -0.2) is 0 Å². The molecule has 0 spiro atoms. The molecule has 7 nitrogen and oxygen atoms in total. The molecular formula is C24H25N5O2. The van der Waals surface area contributed by atoms with Gasteiger partial charge in [0.1, 0.15) is 18.4 Å². The van der Waals surface area contributed by atoms with E-state index >= 15 is 0 Å². The lowest BCUT2D eigenvalue weighted by molar-refractivity contribution is -0.118. The van der Waals surface area contributed by atoms with E-state index in [-0.39, 0.29) is 17.2 Å². The smallest absolute Gasteiger partial charge is 0.248 e. The Labute approximate surface area is 181 Å². The molecule has 7 heteroatoms. The first-order valence-corrected chi connectivity index (χ1v) is 10.5. The van der Waals surface area contributed by atoms with Crippen molar-refractivity contribution < 1.29 is 9.53 Å². The highest BCUT2D eigenvalue weighted by atomic mass is 16.5. The number of ether oxygens (including phenoxy) is 1. The Morgan fingerprint density at radius 1 is 1.13 bits per heavy atom. The van der Waals surface area contributed by atoms with Crippen LogP contribution in [0.5, 0.6) is 5.75 Å². The third-order valence-electron chi connectivity index (χ3n) is 6.04. The van der Waals surface area contributed by atoms with Gasteiger partial charge in [-0.05, 0) is 58.0 Å². The average Bonchev–Trinajstić information content (AvgIpc) is 3.19. The summed E-state index contributed by atoms with van der Waals surface area (Å²) in [5, 5.41) is 15.4. The maximum Gasteiger partial charge on any atom is 0.248 e. The number of hydrogen-bond acceptors (Lipinski definition) is 6. The first kappa shape index (κ1) is 19.5. The van der Waals surface area contributed by atoms with Crippen LogP contribution in [0.3, 0.4) is 0 Å². The number of allylic oxidation sites excluding steroid dienone is 2. The van der Waals surface area contributed by atoms with E-state index in [1.807, 2.05) is 36.4 Å². The molecule has 1 aromatic heterocycles. The highest BCUT2D eigenvalue weighted by Crippen LogP contribution is 2.45. The maximum atomic E-state index is 13.1. The number of Topliss-reactive ketones (excluding diaryl/α,β-unsaturated/α-hetero) is 1. The normalized spacial score (nSPS) is 19.5. The van der Waals surface area contributed by atoms with Gasteiger partial charge in [0.05, 0.1) is 0 Å². The number of fused-ring (bicyclic) bond motifs is 1. The monoisotopic (exact) mass is 415 g/mol. The molecule has 5 rings (SSSR count). The number of carbonyl (C=O) groups excluding carboxylic acids is 1. The van der Waals surface area contributed by atoms with Crippen molar-refractivity contribution in [1.29, 1.82) is 0 Å². The summed E-state index contributed by atoms with van der Waals surface area (Å²) < 4.78 is 7.68. The minimum absolute atomic E-state index is 0.0870. The number of anilines is 1. The quantitative estimate of drug-likeness (QED) is 0.687. The maximum absolute atomic E-state index is 13.1. The number of tetrazole rings is 1. The van der Waals surface area contributed by atoms with Gasteiger partial charge in [-0.2, -0.15) is 4.68 Å². The first-order valence-electron chi connectivity index (χ1n) is 10.5. The van der Waals surface area contributed by atoms with Gasteiger partial charge in [0.15, 0.2) is 5.78 Å². The molecule has 2 aliphatic rings. The number of hydrogen-bond donors (Lipinski definition) is 1. The lowest BCUT2D eigenvalue weighted by Crippen LogP contribution is -2.36. The van der Waals surface area contributed by atoms with Crippen LogP contribution in [0.4, 0.5) is 5.95 Å². The second-order valence-electron chi connectivity index (χ2n) is 9.09. The molecule has 2 heterocycles. The number of nitrogens with zero attached hydrogens (tertiary/aromatic N) is 4. The number of carbonyl (C=O) groups is 1. The zero-order valence-corrected chi connectivity index (χ0v) is 17.9. The first-order chi connectivity index (χ1) is 14.9. The summed E-state index contributed by atoms with van der Waals surface area (Å²) in [4.78, 5) is 13.1. The molecule has 1 atom stereocenters. The number of aryl methyl sites for hydroxylation is 1. The number of rotatable bonds is 4. The highest BCUT2D eigenvalue weighted by molar-refractivity contribution is 6.00. The van der Waals surface area contributed by atoms with Gasteiger partial charge >= 0.3 is 0 Å². The summed E-state index contributed by atoms with van der Waals surface area (Å²) >= 11 is 0. The second-order valence-corrected chi connectivity index (χ2v) is 9.09. The lowest BCUT2D eigenvalue weighted by atomic mass is 9.73. The Kier molecular flexibility index (Phi) is 4.61. The van der Waals surface area contributed by atoms with Crippen molar-refractivity contribution in [2.45, 2.75) is 46.3 Å². The number of ketones is 1. The van der Waals surface area contributed by atoms with Gasteiger partial charge in [-0.3, -0.25) is 4.79 Å². The van der Waals surface area contributed by atoms with Crippen LogP contribution in [-0.4, -0.2) is 26.0 Å². The van der Waals surface area contributed by atoms with E-state index < -0.39 is 0 Å². The van der Waals surface area contributed by atoms with Gasteiger partial charge in [0.25, 0.3) is 0 Å². The predicted molar refractivity (Wildman–Crippen MR) is 117 cm³/mol. The molecule has 1 aliphatic carbocycles. The molecule has 0 fully saturated rings. The molecule has 0 radical (unpaired) electrons. The molecule has 3 aromatic rings. The third-order valence-corrected chi connectivity index (χ3v) is 6.04. The van der Waals surface area contributed by atoms with Crippen LogP contribution in [0.25, 0.3) is 0 Å². The molecule has 1 aliphatic heterocycles. The van der Waals surface area contributed by atoms with Gasteiger partial charge in [-0.15, -0.1) is 0 Å². The summed E-state index contributed by atoms with van der Waals surface area (Å²) in [6.07, 6.45) is 1.30. The molecule has 0 saturated heterocycles. The summed E-state index contributed by atoms with van der Waals surface area (Å²) in [6.45, 7) is 6.82. The summed E-state index contributed by atoms with van der Waals surface area (Å²) in [5.74, 6) is 1.49. The molecule has 0 saturated carbocycles. The molecule has 0 amide bonds. The van der Waals surface area contributed by atoms with Crippen molar-refractivity contribution in [3.8, 4) is 5.75 Å². The third kappa shape index (κ3) is 3.60. The van der Waals surface area contributed by atoms with Crippen molar-refractivity contribution in [1.82, 2.24) is 20.2 Å². The molecule has 1 N–H and O–H groups in total. The zero-order chi connectivity index (χ0) is 21.6. The van der Waals surface area contributed by atoms with E-state index in [0.717, 1.165) is 34.6 Å². The van der Waals surface area contributed by atoms with E-state index in [1.54, 1.807) is 4.68 Å². The topological polar surface area (TPSA) is 81.9 Å². The Hall–Kier alpha value is -3.48. The Balaban J connectivity index is 1.44. The molecule has 31 heavy (non-hydrogen) atoms. The van der Waals surface area contributed by atoms with E-state index in [9.17, 15) is 4.79 Å². The van der Waals surface area contributed by atoms with Gasteiger partial charge in [0.2, 0.25) is 5.95 Å². The largest absolute Gasteiger partial charge is 0.489 e. The fraction of sp³-hybridized carbons (Fsp3) is 0.333. The zero-order valence-electron chi connectivity index (χ0n) is 17.9. The van der Waals surface area contributed by atoms with Crippen molar-refractivity contribution in [3.05, 3.63) is 76.5 Å². The van der Waals surface area contributed by atoms with E-state index in [2.05, 4.69) is 53.7 Å². The number of aromatic nitrogens is 4. The molecule has 158 valence electrons. The lowest BCUT2D eigenvalue weighted by Gasteiger charge is -2.37. The highest BCUT2D eigenvalue weighted by Gasteiger charge is 2.41. The van der Waals surface area contributed by atoms with Crippen LogP contribution in [0.1, 0.15) is 49.4 Å². The Morgan fingerprint density at radius 3 is 2.68 bits per heavy atom. The second kappa shape index (κ2) is 7.34. The Bertz CT molecular complexity index is 1180. The minimum atomic E-state index is -0.338. The van der Waals surface area contributed by atoms with Crippen LogP contribution in [0.2, 0.25) is 0 Å². The van der Waals surface area contributed by atoms with Crippen LogP contribution in [0.15, 0.2) is 59.8 Å². The van der Waals surface area contributed by atoms with Crippen molar-refractivity contribution >= 4 is 11.7 Å². The number of benzene rings is 2. The van der Waals surface area contributed by atoms with Crippen LogP contribution < -0.4 is 10.1 Å². The fourth-order valence-electron chi connectivity index (χ4n) is 4.46. The van der Waals surface area contributed by atoms with Crippen LogP contribution >= 0.6 is 0 Å². The summed E-state index contributed by atoms with van der Waals surface area (Å²) in [6, 6.07) is 15.7. The van der Waals surface area contributed by atoms with Gasteiger partial charge in [-0.1, -0.05) is 55.3 Å². The van der Waals surface area contributed by atoms with E-state index in [1.165, 1.54) is 5.56 Å². The average molecular weight is 415 g/mol. The van der Waals surface area contributed by atoms with Gasteiger partial charge < -0.3 is 10.1 Å². The van der Waals surface area contributed by atoms with Crippen molar-refractivity contribution in [2.24, 2.45) is 5.41 Å². The minimum Gasteiger partial charge on any atom is -0.489 e. The summed E-state index contributed by atoms with van der Waals surface area (Å²) in [7, 11) is 0.